The molecular weight excluding hydrogens is 319 g/mol. The van der Waals surface area contributed by atoms with Crippen LogP contribution in [0.1, 0.15) is 16.8 Å². The van der Waals surface area contributed by atoms with Gasteiger partial charge >= 0.3 is 6.18 Å². The molecule has 2 aromatic carbocycles. The number of aromatic nitrogens is 1. The van der Waals surface area contributed by atoms with Crippen LogP contribution in [0.15, 0.2) is 59.5 Å². The highest BCUT2D eigenvalue weighted by Crippen LogP contribution is 2.33. The zero-order valence-corrected chi connectivity index (χ0v) is 13.2. The molecule has 1 nitrogen and oxygen atoms in total. The van der Waals surface area contributed by atoms with Crippen molar-refractivity contribution in [2.75, 3.05) is 0 Å². The molecule has 1 heterocycles. The first-order valence-corrected chi connectivity index (χ1v) is 8.07. The van der Waals surface area contributed by atoms with E-state index in [0.717, 1.165) is 21.9 Å². The molecule has 0 radical (unpaired) electrons. The normalized spacial score (nSPS) is 11.8. The smallest absolute Gasteiger partial charge is 0.243 e. The summed E-state index contributed by atoms with van der Waals surface area (Å²) in [5, 5.41) is 0.779. The number of nitrogens with zero attached hydrogens (tertiary/aromatic N) is 1. The van der Waals surface area contributed by atoms with Crippen molar-refractivity contribution in [1.29, 1.82) is 0 Å². The van der Waals surface area contributed by atoms with Gasteiger partial charge in [0.05, 0.1) is 5.52 Å². The maximum Gasteiger partial charge on any atom is 0.433 e. The highest BCUT2D eigenvalue weighted by Gasteiger charge is 2.33. The van der Waals surface area contributed by atoms with E-state index in [1.165, 1.54) is 11.8 Å². The summed E-state index contributed by atoms with van der Waals surface area (Å²) in [4.78, 5) is 4.80. The van der Waals surface area contributed by atoms with Crippen LogP contribution in [0.3, 0.4) is 0 Å². The van der Waals surface area contributed by atoms with Gasteiger partial charge in [-0.15, -0.1) is 11.8 Å². The molecule has 0 saturated heterocycles. The highest BCUT2D eigenvalue weighted by atomic mass is 32.2. The molecule has 1 aromatic heterocycles. The second-order valence-electron chi connectivity index (χ2n) is 5.29. The summed E-state index contributed by atoms with van der Waals surface area (Å²) < 4.78 is 39.2. The van der Waals surface area contributed by atoms with Crippen LogP contribution >= 0.6 is 11.8 Å². The average Bonchev–Trinajstić information content (AvgIpc) is 2.52. The number of fused-ring (bicyclic) bond motifs is 1. The van der Waals surface area contributed by atoms with E-state index < -0.39 is 11.9 Å². The molecule has 0 amide bonds. The second kappa shape index (κ2) is 6.24. The van der Waals surface area contributed by atoms with Crippen molar-refractivity contribution in [1.82, 2.24) is 4.98 Å². The molecule has 3 rings (SSSR count). The van der Waals surface area contributed by atoms with E-state index in [1.54, 1.807) is 12.1 Å². The van der Waals surface area contributed by atoms with Gasteiger partial charge in [0.2, 0.25) is 0 Å². The lowest BCUT2D eigenvalue weighted by molar-refractivity contribution is -0.141. The van der Waals surface area contributed by atoms with E-state index in [2.05, 4.69) is 4.98 Å². The van der Waals surface area contributed by atoms with Crippen LogP contribution in [0.5, 0.6) is 0 Å². The lowest BCUT2D eigenvalue weighted by Gasteiger charge is -2.12. The molecule has 0 saturated carbocycles. The number of rotatable bonds is 3. The first-order chi connectivity index (χ1) is 10.9. The highest BCUT2D eigenvalue weighted by molar-refractivity contribution is 7.98. The van der Waals surface area contributed by atoms with Crippen molar-refractivity contribution < 1.29 is 13.2 Å². The van der Waals surface area contributed by atoms with Gasteiger partial charge in [0.1, 0.15) is 5.69 Å². The molecule has 0 spiro atoms. The van der Waals surface area contributed by atoms with E-state index in [1.807, 2.05) is 43.3 Å². The molecule has 5 heteroatoms. The Balaban J connectivity index is 2.03. The molecule has 0 aliphatic rings. The van der Waals surface area contributed by atoms with E-state index in [-0.39, 0.29) is 0 Å². The topological polar surface area (TPSA) is 12.9 Å². The minimum absolute atomic E-state index is 0.383. The fourth-order valence-electron chi connectivity index (χ4n) is 2.35. The first kappa shape index (κ1) is 15.9. The van der Waals surface area contributed by atoms with Crippen LogP contribution in [-0.4, -0.2) is 4.98 Å². The number of aryl methyl sites for hydroxylation is 1. The average molecular weight is 333 g/mol. The Labute approximate surface area is 136 Å². The molecule has 0 aliphatic heterocycles. The maximum atomic E-state index is 13.1. The van der Waals surface area contributed by atoms with Crippen LogP contribution < -0.4 is 0 Å². The molecule has 3 aromatic rings. The minimum atomic E-state index is -4.44. The lowest BCUT2D eigenvalue weighted by Crippen LogP contribution is -2.09. The molecule has 0 fully saturated rings. The third-order valence-corrected chi connectivity index (χ3v) is 4.54. The fourth-order valence-corrected chi connectivity index (χ4v) is 3.26. The summed E-state index contributed by atoms with van der Waals surface area (Å²) in [5.74, 6) is 0.468. The van der Waals surface area contributed by atoms with Gasteiger partial charge in [-0.05, 0) is 42.8 Å². The third-order valence-electron chi connectivity index (χ3n) is 3.48. The van der Waals surface area contributed by atoms with Gasteiger partial charge in [-0.25, -0.2) is 4.98 Å². The standard InChI is InChI=1S/C18H14F3NS/c1-12-7-8-16-15(9-12)13(10-17(22-16)18(19,20)21)11-23-14-5-3-2-4-6-14/h2-10H,11H2,1H3. The lowest BCUT2D eigenvalue weighted by atomic mass is 10.1. The molecule has 0 atom stereocenters. The Morgan fingerprint density at radius 2 is 1.74 bits per heavy atom. The number of halogens is 3. The van der Waals surface area contributed by atoms with Gasteiger partial charge in [0, 0.05) is 16.0 Å². The number of thioether (sulfide) groups is 1. The first-order valence-electron chi connectivity index (χ1n) is 7.09. The van der Waals surface area contributed by atoms with Gasteiger partial charge in [-0.1, -0.05) is 29.8 Å². The number of hydrogen-bond donors (Lipinski definition) is 0. The SMILES string of the molecule is Cc1ccc2nc(C(F)(F)F)cc(CSc3ccccc3)c2c1. The molecule has 0 bridgehead atoms. The van der Waals surface area contributed by atoms with E-state index in [4.69, 9.17) is 0 Å². The summed E-state index contributed by atoms with van der Waals surface area (Å²) in [6.07, 6.45) is -4.44. The minimum Gasteiger partial charge on any atom is -0.243 e. The third kappa shape index (κ3) is 3.67. The molecular formula is C18H14F3NS. The van der Waals surface area contributed by atoms with Crippen LogP contribution in [0.4, 0.5) is 13.2 Å². The van der Waals surface area contributed by atoms with Crippen molar-refractivity contribution in [3.05, 3.63) is 71.4 Å². The van der Waals surface area contributed by atoms with E-state index >= 15 is 0 Å². The fraction of sp³-hybridized carbons (Fsp3) is 0.167. The second-order valence-corrected chi connectivity index (χ2v) is 6.34. The molecule has 0 N–H and O–H groups in total. The Hall–Kier alpha value is -2.01. The molecule has 118 valence electrons. The molecule has 0 unspecified atom stereocenters. The van der Waals surface area contributed by atoms with Crippen LogP contribution in [-0.2, 0) is 11.9 Å². The van der Waals surface area contributed by atoms with E-state index in [0.29, 0.717) is 16.8 Å². The number of alkyl halides is 3. The van der Waals surface area contributed by atoms with Gasteiger partial charge in [0.15, 0.2) is 0 Å². The Morgan fingerprint density at radius 3 is 2.43 bits per heavy atom. The summed E-state index contributed by atoms with van der Waals surface area (Å²) >= 11 is 1.52. The molecule has 23 heavy (non-hydrogen) atoms. The predicted molar refractivity (Wildman–Crippen MR) is 87.5 cm³/mol. The largest absolute Gasteiger partial charge is 0.433 e. The van der Waals surface area contributed by atoms with Gasteiger partial charge in [-0.3, -0.25) is 0 Å². The zero-order chi connectivity index (χ0) is 16.4. The number of pyridine rings is 1. The van der Waals surface area contributed by atoms with Gasteiger partial charge in [-0.2, -0.15) is 13.2 Å². The molecule has 0 aliphatic carbocycles. The quantitative estimate of drug-likeness (QED) is 0.557. The van der Waals surface area contributed by atoms with Crippen LogP contribution in [0.2, 0.25) is 0 Å². The Morgan fingerprint density at radius 1 is 1.00 bits per heavy atom. The maximum absolute atomic E-state index is 13.1. The predicted octanol–water partition coefficient (Wildman–Crippen LogP) is 5.85. The summed E-state index contributed by atoms with van der Waals surface area (Å²) in [6.45, 7) is 1.92. The Kier molecular flexibility index (Phi) is 4.31. The van der Waals surface area contributed by atoms with E-state index in [9.17, 15) is 13.2 Å². The van der Waals surface area contributed by atoms with Crippen molar-refractivity contribution in [2.24, 2.45) is 0 Å². The van der Waals surface area contributed by atoms with Crippen molar-refractivity contribution in [3.8, 4) is 0 Å². The number of benzene rings is 2. The van der Waals surface area contributed by atoms with Crippen LogP contribution in [0, 0.1) is 6.92 Å². The van der Waals surface area contributed by atoms with Crippen molar-refractivity contribution in [2.45, 2.75) is 23.7 Å². The van der Waals surface area contributed by atoms with Crippen molar-refractivity contribution in [3.63, 3.8) is 0 Å². The monoisotopic (exact) mass is 333 g/mol. The van der Waals surface area contributed by atoms with Crippen LogP contribution in [0.25, 0.3) is 10.9 Å². The summed E-state index contributed by atoms with van der Waals surface area (Å²) in [7, 11) is 0. The number of hydrogen-bond acceptors (Lipinski definition) is 2. The summed E-state index contributed by atoms with van der Waals surface area (Å²) in [6, 6.07) is 16.1. The summed E-state index contributed by atoms with van der Waals surface area (Å²) in [5.41, 5.74) is 1.21. The van der Waals surface area contributed by atoms with Gasteiger partial charge in [0.25, 0.3) is 0 Å². The van der Waals surface area contributed by atoms with Gasteiger partial charge < -0.3 is 0 Å². The van der Waals surface area contributed by atoms with Crippen molar-refractivity contribution >= 4 is 22.7 Å². The zero-order valence-electron chi connectivity index (χ0n) is 12.4. The Bertz CT molecular complexity index is 829.